The van der Waals surface area contributed by atoms with E-state index in [4.69, 9.17) is 9.47 Å². The molecule has 4 fully saturated rings. The highest BCUT2D eigenvalue weighted by atomic mass is 19.4. The first-order chi connectivity index (χ1) is 33.8. The van der Waals surface area contributed by atoms with E-state index in [9.17, 15) is 41.9 Å². The van der Waals surface area contributed by atoms with Gasteiger partial charge in [0.15, 0.2) is 0 Å². The zero-order valence-electron chi connectivity index (χ0n) is 40.7. The van der Waals surface area contributed by atoms with Crippen LogP contribution in [0.2, 0.25) is 0 Å². The Kier molecular flexibility index (Phi) is 17.5. The lowest BCUT2D eigenvalue weighted by atomic mass is 9.82. The Morgan fingerprint density at radius 2 is 1.55 bits per heavy atom. The summed E-state index contributed by atoms with van der Waals surface area (Å²) in [6.45, 7) is 6.70. The summed E-state index contributed by atoms with van der Waals surface area (Å²) in [4.78, 5) is 94.0. The molecule has 3 aromatic rings. The van der Waals surface area contributed by atoms with Crippen molar-refractivity contribution in [3.8, 4) is 0 Å². The van der Waals surface area contributed by atoms with Crippen molar-refractivity contribution >= 4 is 52.2 Å². The van der Waals surface area contributed by atoms with Crippen LogP contribution < -0.4 is 31.9 Å². The molecule has 2 saturated heterocycles. The van der Waals surface area contributed by atoms with E-state index in [2.05, 4.69) is 67.6 Å². The molecule has 2 saturated carbocycles. The van der Waals surface area contributed by atoms with Crippen LogP contribution in [0.4, 0.5) is 19.0 Å². The number of aromatic nitrogens is 3. The first-order valence-corrected chi connectivity index (χ1v) is 24.5. The number of rotatable bonds is 19. The van der Waals surface area contributed by atoms with Crippen molar-refractivity contribution in [3.05, 3.63) is 60.2 Å². The highest BCUT2D eigenvalue weighted by molar-refractivity contribution is 5.93. The highest BCUT2D eigenvalue weighted by Crippen LogP contribution is 2.37. The van der Waals surface area contributed by atoms with Crippen molar-refractivity contribution in [1.29, 1.82) is 0 Å². The van der Waals surface area contributed by atoms with Crippen LogP contribution in [-0.4, -0.2) is 149 Å². The van der Waals surface area contributed by atoms with E-state index in [-0.39, 0.29) is 128 Å². The Bertz CT molecular complexity index is 2370. The van der Waals surface area contributed by atoms with E-state index < -0.39 is 29.7 Å². The predicted molar refractivity (Wildman–Crippen MR) is 254 cm³/mol. The van der Waals surface area contributed by atoms with Crippen molar-refractivity contribution in [3.63, 3.8) is 0 Å². The standard InChI is InChI=1S/C49H66F3N11O8/c1-48(2,3)61-33-12-14-39(63-19-15-37(47(63)69)59-44-34-22-31(49(50,51)52)9-13-36(34)56-28-57-44)38(23-33)60-45(67)29-7-10-32(11-8-29)58-41(65)27-71-20-17-54-40(64)26-70-21-18-55-46(68)35-24-42(66)62(4)43(35)30-6-5-16-53-25-30/h5-6,9,13,16,22,25,28-29,32-33,35,37-39,43,61H,7-8,10-12,14-15,17-21,23-24,26-27H2,1-4H3,(H,54,64)(H,55,68)(H,58,65)(H,60,67)(H,56,57,59)/t29?,32?,33-,35+,37+,38-,39+,43-/m1/s1. The average Bonchev–Trinajstić information content (AvgIpc) is 3.84. The van der Waals surface area contributed by atoms with Gasteiger partial charge in [-0.15, -0.1) is 0 Å². The number of ether oxygens (including phenoxy) is 2. The smallest absolute Gasteiger partial charge is 0.370 e. The fourth-order valence-corrected chi connectivity index (χ4v) is 10.3. The van der Waals surface area contributed by atoms with Crippen LogP contribution in [0.1, 0.15) is 95.7 Å². The molecule has 1 aromatic carbocycles. The maximum absolute atomic E-state index is 14.0. The second-order valence-corrected chi connectivity index (χ2v) is 20.0. The Morgan fingerprint density at radius 3 is 2.25 bits per heavy atom. The van der Waals surface area contributed by atoms with Crippen LogP contribution in [0, 0.1) is 11.8 Å². The third-order valence-corrected chi connectivity index (χ3v) is 13.7. The second-order valence-electron chi connectivity index (χ2n) is 20.0. The number of anilines is 1. The molecule has 4 heterocycles. The second kappa shape index (κ2) is 23.5. The minimum Gasteiger partial charge on any atom is -0.370 e. The summed E-state index contributed by atoms with van der Waals surface area (Å²) in [6, 6.07) is 5.03. The van der Waals surface area contributed by atoms with E-state index in [0.29, 0.717) is 57.0 Å². The molecule has 6 N–H and O–H groups in total. The van der Waals surface area contributed by atoms with Crippen molar-refractivity contribution in [2.45, 2.75) is 127 Å². The molecule has 6 atom stereocenters. The molecule has 6 amide bonds. The summed E-state index contributed by atoms with van der Waals surface area (Å²) in [6.07, 6.45) is 4.80. The summed E-state index contributed by atoms with van der Waals surface area (Å²) in [5, 5.41) is 18.7. The number of pyridine rings is 1. The molecule has 7 rings (SSSR count). The maximum atomic E-state index is 14.0. The lowest BCUT2D eigenvalue weighted by Gasteiger charge is -2.43. The van der Waals surface area contributed by atoms with Gasteiger partial charge < -0.3 is 51.2 Å². The van der Waals surface area contributed by atoms with Gasteiger partial charge in [-0.2, -0.15) is 13.2 Å². The molecule has 19 nitrogen and oxygen atoms in total. The van der Waals surface area contributed by atoms with Gasteiger partial charge in [0.05, 0.1) is 48.3 Å². The number of hydrogen-bond acceptors (Lipinski definition) is 13. The Hall–Kier alpha value is -6.00. The van der Waals surface area contributed by atoms with Crippen LogP contribution in [0.15, 0.2) is 49.1 Å². The van der Waals surface area contributed by atoms with Gasteiger partial charge in [0.2, 0.25) is 35.4 Å². The van der Waals surface area contributed by atoms with E-state index in [0.717, 1.165) is 24.1 Å². The summed E-state index contributed by atoms with van der Waals surface area (Å²) < 4.78 is 51.6. The number of nitrogens with one attached hydrogen (secondary N) is 6. The number of fused-ring (bicyclic) bond motifs is 1. The van der Waals surface area contributed by atoms with Gasteiger partial charge in [0.25, 0.3) is 0 Å². The van der Waals surface area contributed by atoms with E-state index in [1.807, 2.05) is 6.07 Å². The normalized spacial score (nSPS) is 25.0. The molecule has 4 aliphatic rings. The van der Waals surface area contributed by atoms with E-state index in [1.54, 1.807) is 35.3 Å². The SMILES string of the molecule is CN1C(=O)C[C@H](C(=O)NCCOCC(=O)NCCOCC(=O)NC2CCC(C(=O)N[C@@H]3C[C@H](NC(C)(C)C)CC[C@@H]3N3CC[C@H](Nc4ncnc5ccc(C(F)(F)F)cc45)C3=O)CC2)[C@H]1c1cccnc1. The van der Waals surface area contributed by atoms with Crippen molar-refractivity contribution in [2.24, 2.45) is 11.8 Å². The molecule has 0 radical (unpaired) electrons. The molecule has 2 aromatic heterocycles. The van der Waals surface area contributed by atoms with Crippen molar-refractivity contribution in [1.82, 2.24) is 51.3 Å². The lowest BCUT2D eigenvalue weighted by Crippen LogP contribution is -2.60. The number of carbonyl (C=O) groups excluding carboxylic acids is 6. The zero-order valence-corrected chi connectivity index (χ0v) is 40.7. The summed E-state index contributed by atoms with van der Waals surface area (Å²) in [5.41, 5.74) is 0.0818. The quantitative estimate of drug-likeness (QED) is 0.0949. The summed E-state index contributed by atoms with van der Waals surface area (Å²) in [7, 11) is 1.67. The number of nitrogens with zero attached hydrogens (tertiary/aromatic N) is 5. The van der Waals surface area contributed by atoms with E-state index in [1.165, 1.54) is 12.4 Å². The molecule has 2 aliphatic carbocycles. The van der Waals surface area contributed by atoms with Gasteiger partial charge in [-0.3, -0.25) is 33.8 Å². The number of benzene rings is 1. The van der Waals surface area contributed by atoms with Gasteiger partial charge in [0.1, 0.15) is 31.4 Å². The molecule has 386 valence electrons. The number of likely N-dealkylation sites (tertiary alicyclic amines) is 2. The molecule has 0 spiro atoms. The molecular weight excluding hydrogens is 928 g/mol. The van der Waals surface area contributed by atoms with Gasteiger partial charge in [0, 0.05) is 74.4 Å². The number of carbonyl (C=O) groups is 6. The van der Waals surface area contributed by atoms with Crippen LogP contribution in [0.5, 0.6) is 0 Å². The third-order valence-electron chi connectivity index (χ3n) is 13.7. The van der Waals surface area contributed by atoms with Crippen LogP contribution in [0.25, 0.3) is 10.9 Å². The number of amides is 6. The first-order valence-electron chi connectivity index (χ1n) is 24.5. The Morgan fingerprint density at radius 1 is 0.831 bits per heavy atom. The summed E-state index contributed by atoms with van der Waals surface area (Å²) in [5.74, 6) is -2.11. The Balaban J connectivity index is 0.795. The highest BCUT2D eigenvalue weighted by Gasteiger charge is 2.45. The fourth-order valence-electron chi connectivity index (χ4n) is 10.3. The first kappa shape index (κ1) is 52.8. The van der Waals surface area contributed by atoms with Gasteiger partial charge in [-0.1, -0.05) is 6.07 Å². The number of hydrogen-bond donors (Lipinski definition) is 6. The van der Waals surface area contributed by atoms with Gasteiger partial charge >= 0.3 is 6.18 Å². The number of alkyl halides is 3. The third kappa shape index (κ3) is 14.1. The fraction of sp³-hybridized carbons (Fsp3) is 0.612. The van der Waals surface area contributed by atoms with Crippen molar-refractivity contribution in [2.75, 3.05) is 58.4 Å². The predicted octanol–water partition coefficient (Wildman–Crippen LogP) is 3.01. The minimum absolute atomic E-state index is 0.0865. The monoisotopic (exact) mass is 994 g/mol. The van der Waals surface area contributed by atoms with Crippen molar-refractivity contribution < 1.29 is 51.4 Å². The largest absolute Gasteiger partial charge is 0.416 e. The molecule has 71 heavy (non-hydrogen) atoms. The maximum Gasteiger partial charge on any atom is 0.416 e. The van der Waals surface area contributed by atoms with Crippen LogP contribution in [-0.2, 0) is 44.4 Å². The Labute approximate surface area is 410 Å². The number of halogens is 3. The average molecular weight is 994 g/mol. The zero-order chi connectivity index (χ0) is 50.9. The molecule has 0 unspecified atom stereocenters. The molecular formula is C49H66F3N11O8. The summed E-state index contributed by atoms with van der Waals surface area (Å²) >= 11 is 0. The minimum atomic E-state index is -4.56. The van der Waals surface area contributed by atoms with Crippen LogP contribution in [0.3, 0.4) is 0 Å². The van der Waals surface area contributed by atoms with Gasteiger partial charge in [-0.25, -0.2) is 9.97 Å². The topological polar surface area (TPSA) is 238 Å². The molecule has 0 bridgehead atoms. The molecule has 2 aliphatic heterocycles. The van der Waals surface area contributed by atoms with Gasteiger partial charge in [-0.05, 0) is 102 Å². The lowest BCUT2D eigenvalue weighted by molar-refractivity contribution is -0.137. The molecule has 22 heteroatoms. The van der Waals surface area contributed by atoms with Crippen LogP contribution >= 0.6 is 0 Å². The van der Waals surface area contributed by atoms with E-state index >= 15 is 0 Å².